The molecule has 0 bridgehead atoms. The number of hydrogen-bond donors (Lipinski definition) is 1. The molecule has 0 saturated carbocycles. The van der Waals surface area contributed by atoms with Gasteiger partial charge < -0.3 is 9.64 Å². The number of rotatable bonds is 6. The fourth-order valence-electron chi connectivity index (χ4n) is 3.99. The van der Waals surface area contributed by atoms with Crippen LogP contribution in [0.1, 0.15) is 18.4 Å². The van der Waals surface area contributed by atoms with Crippen molar-refractivity contribution < 1.29 is 17.9 Å². The first-order valence-electron chi connectivity index (χ1n) is 11.0. The number of benzene rings is 1. The molecule has 182 valence electrons. The zero-order chi connectivity index (χ0) is 24.7. The molecule has 0 unspecified atom stereocenters. The van der Waals surface area contributed by atoms with Crippen molar-refractivity contribution in [3.05, 3.63) is 69.0 Å². The molecule has 7 nitrogen and oxygen atoms in total. The fraction of sp³-hybridized carbons (Fsp3) is 0.292. The molecule has 0 radical (unpaired) electrons. The molecule has 5 rings (SSSR count). The molecule has 3 aromatic heterocycles. The summed E-state index contributed by atoms with van der Waals surface area (Å²) in [5.41, 5.74) is 0.905. The van der Waals surface area contributed by atoms with Gasteiger partial charge in [0.25, 0.3) is 5.56 Å². The maximum Gasteiger partial charge on any atom is 0.390 e. The van der Waals surface area contributed by atoms with Gasteiger partial charge >= 0.3 is 11.9 Å². The first-order chi connectivity index (χ1) is 16.7. The maximum absolute atomic E-state index is 12.8. The highest BCUT2D eigenvalue weighted by molar-refractivity contribution is 7.22. The Morgan fingerprint density at radius 3 is 2.46 bits per heavy atom. The molecule has 1 fully saturated rings. The van der Waals surface area contributed by atoms with E-state index in [1.165, 1.54) is 6.42 Å². The van der Waals surface area contributed by atoms with Crippen molar-refractivity contribution in [2.45, 2.75) is 32.5 Å². The third-order valence-corrected chi connectivity index (χ3v) is 7.33. The normalized spacial score (nSPS) is 13.8. The van der Waals surface area contributed by atoms with Crippen LogP contribution in [-0.2, 0) is 6.54 Å². The standard InChI is InChI=1S/C24H21F3N4O3S/c1-14-19-21(32)29-23(33)31(12-9-24(25,26)27)22(19)35-20(14)15-3-8-18(28-13-15)34-17-6-4-16(5-7-17)30-10-2-11-30/h3-8,13H,2,9-12H2,1H3,(H,29,32,33). The van der Waals surface area contributed by atoms with Crippen LogP contribution >= 0.6 is 11.3 Å². The van der Waals surface area contributed by atoms with Crippen LogP contribution in [0.2, 0.25) is 0 Å². The van der Waals surface area contributed by atoms with Crippen LogP contribution in [0.25, 0.3) is 20.7 Å². The van der Waals surface area contributed by atoms with Crippen LogP contribution in [0.4, 0.5) is 18.9 Å². The van der Waals surface area contributed by atoms with E-state index in [4.69, 9.17) is 4.74 Å². The minimum absolute atomic E-state index is 0.203. The Hall–Kier alpha value is -3.60. The lowest BCUT2D eigenvalue weighted by molar-refractivity contribution is -0.136. The Morgan fingerprint density at radius 2 is 1.86 bits per heavy atom. The molecule has 1 aromatic carbocycles. The van der Waals surface area contributed by atoms with E-state index in [1.54, 1.807) is 25.3 Å². The number of fused-ring (bicyclic) bond motifs is 1. The number of nitrogens with zero attached hydrogens (tertiary/aromatic N) is 3. The summed E-state index contributed by atoms with van der Waals surface area (Å²) in [6.45, 7) is 3.25. The molecule has 4 aromatic rings. The first-order valence-corrected chi connectivity index (χ1v) is 11.8. The predicted octanol–water partition coefficient (Wildman–Crippen LogP) is 5.08. The van der Waals surface area contributed by atoms with Crippen LogP contribution in [0.5, 0.6) is 11.6 Å². The topological polar surface area (TPSA) is 80.2 Å². The highest BCUT2D eigenvalue weighted by atomic mass is 32.1. The lowest BCUT2D eigenvalue weighted by atomic mass is 10.1. The number of pyridine rings is 1. The Bertz CT molecular complexity index is 1480. The van der Waals surface area contributed by atoms with Crippen molar-refractivity contribution in [3.63, 3.8) is 0 Å². The monoisotopic (exact) mass is 502 g/mol. The lowest BCUT2D eigenvalue weighted by Crippen LogP contribution is -2.36. The van der Waals surface area contributed by atoms with E-state index in [2.05, 4.69) is 14.9 Å². The number of aryl methyl sites for hydroxylation is 2. The van der Waals surface area contributed by atoms with Crippen molar-refractivity contribution in [2.24, 2.45) is 0 Å². The summed E-state index contributed by atoms with van der Waals surface area (Å²) in [5.74, 6) is 1.02. The molecule has 0 amide bonds. The molecule has 1 N–H and O–H groups in total. The van der Waals surface area contributed by atoms with Crippen LogP contribution in [0.3, 0.4) is 0 Å². The Balaban J connectivity index is 1.42. The molecule has 1 saturated heterocycles. The molecule has 0 atom stereocenters. The minimum Gasteiger partial charge on any atom is -0.439 e. The van der Waals surface area contributed by atoms with Gasteiger partial charge in [0.1, 0.15) is 10.6 Å². The number of thiophene rings is 1. The van der Waals surface area contributed by atoms with Crippen molar-refractivity contribution in [1.29, 1.82) is 0 Å². The van der Waals surface area contributed by atoms with Gasteiger partial charge in [-0.2, -0.15) is 13.2 Å². The molecule has 35 heavy (non-hydrogen) atoms. The third-order valence-electron chi connectivity index (χ3n) is 5.96. The highest BCUT2D eigenvalue weighted by Gasteiger charge is 2.28. The Kier molecular flexibility index (Phi) is 5.87. The quantitative estimate of drug-likeness (QED) is 0.398. The van der Waals surface area contributed by atoms with E-state index in [9.17, 15) is 22.8 Å². The number of aromatic nitrogens is 3. The van der Waals surface area contributed by atoms with E-state index >= 15 is 0 Å². The largest absolute Gasteiger partial charge is 0.439 e. The van der Waals surface area contributed by atoms with E-state index in [1.807, 2.05) is 24.3 Å². The van der Waals surface area contributed by atoms with Crippen LogP contribution in [-0.4, -0.2) is 33.8 Å². The van der Waals surface area contributed by atoms with Gasteiger partial charge in [0.15, 0.2) is 0 Å². The van der Waals surface area contributed by atoms with Crippen molar-refractivity contribution >= 4 is 27.2 Å². The van der Waals surface area contributed by atoms with E-state index in [-0.39, 0.29) is 10.2 Å². The summed E-state index contributed by atoms with van der Waals surface area (Å²) in [6, 6.07) is 11.2. The Labute approximate surface area is 201 Å². The molecule has 1 aliphatic rings. The molecule has 0 aliphatic carbocycles. The number of ether oxygens (including phenoxy) is 1. The smallest absolute Gasteiger partial charge is 0.390 e. The second kappa shape index (κ2) is 8.88. The van der Waals surface area contributed by atoms with Crippen molar-refractivity contribution in [2.75, 3.05) is 18.0 Å². The van der Waals surface area contributed by atoms with Gasteiger partial charge in [-0.1, -0.05) is 0 Å². The maximum atomic E-state index is 12.8. The van der Waals surface area contributed by atoms with Gasteiger partial charge in [0, 0.05) is 48.0 Å². The average molecular weight is 503 g/mol. The number of alkyl halides is 3. The van der Waals surface area contributed by atoms with Crippen LogP contribution in [0.15, 0.2) is 52.2 Å². The summed E-state index contributed by atoms with van der Waals surface area (Å²) in [6.07, 6.45) is -2.82. The summed E-state index contributed by atoms with van der Waals surface area (Å²) in [5, 5.41) is 0.203. The molecular weight excluding hydrogens is 481 g/mol. The lowest BCUT2D eigenvalue weighted by Gasteiger charge is -2.33. The molecule has 11 heteroatoms. The van der Waals surface area contributed by atoms with Gasteiger partial charge in [0.2, 0.25) is 5.88 Å². The van der Waals surface area contributed by atoms with E-state index in [0.29, 0.717) is 27.6 Å². The molecule has 4 heterocycles. The number of halogens is 3. The van der Waals surface area contributed by atoms with Crippen LogP contribution in [0, 0.1) is 6.92 Å². The summed E-state index contributed by atoms with van der Waals surface area (Å²) >= 11 is 1.09. The fourth-order valence-corrected chi connectivity index (χ4v) is 5.31. The first kappa shape index (κ1) is 23.2. The third kappa shape index (κ3) is 4.68. The van der Waals surface area contributed by atoms with E-state index < -0.39 is 30.4 Å². The zero-order valence-electron chi connectivity index (χ0n) is 18.7. The second-order valence-electron chi connectivity index (χ2n) is 8.33. The predicted molar refractivity (Wildman–Crippen MR) is 129 cm³/mol. The SMILES string of the molecule is Cc1c(-c2ccc(Oc3ccc(N4CCC4)cc3)nc2)sc2c1c(=O)[nH]c(=O)n2CCC(F)(F)F. The van der Waals surface area contributed by atoms with E-state index in [0.717, 1.165) is 34.7 Å². The zero-order valence-corrected chi connectivity index (χ0v) is 19.5. The van der Waals surface area contributed by atoms with Crippen LogP contribution < -0.4 is 20.9 Å². The van der Waals surface area contributed by atoms with Gasteiger partial charge in [0.05, 0.1) is 11.8 Å². The number of nitrogens with one attached hydrogen (secondary N) is 1. The summed E-state index contributed by atoms with van der Waals surface area (Å²) in [7, 11) is 0. The Morgan fingerprint density at radius 1 is 1.11 bits per heavy atom. The second-order valence-corrected chi connectivity index (χ2v) is 9.33. The van der Waals surface area contributed by atoms with Crippen molar-refractivity contribution in [1.82, 2.24) is 14.5 Å². The number of hydrogen-bond acceptors (Lipinski definition) is 6. The number of H-pyrrole nitrogens is 1. The number of anilines is 1. The minimum atomic E-state index is -4.42. The van der Waals surface area contributed by atoms with Gasteiger partial charge in [-0.15, -0.1) is 11.3 Å². The molecular formula is C24H21F3N4O3S. The summed E-state index contributed by atoms with van der Waals surface area (Å²) < 4.78 is 45.1. The van der Waals surface area contributed by atoms with Crippen molar-refractivity contribution in [3.8, 4) is 22.1 Å². The molecule has 0 spiro atoms. The summed E-state index contributed by atoms with van der Waals surface area (Å²) in [4.78, 5) is 34.3. The van der Waals surface area contributed by atoms with Gasteiger partial charge in [-0.3, -0.25) is 14.3 Å². The molecule has 1 aliphatic heterocycles. The number of aromatic amines is 1. The highest BCUT2D eigenvalue weighted by Crippen LogP contribution is 2.37. The average Bonchev–Trinajstić information content (AvgIpc) is 3.11. The van der Waals surface area contributed by atoms with Gasteiger partial charge in [-0.05, 0) is 49.2 Å². The van der Waals surface area contributed by atoms with Gasteiger partial charge in [-0.25, -0.2) is 9.78 Å².